The third-order valence-corrected chi connectivity index (χ3v) is 5.65. The van der Waals surface area contributed by atoms with E-state index in [1.807, 2.05) is 18.4 Å². The Bertz CT molecular complexity index is 846. The van der Waals surface area contributed by atoms with E-state index in [4.69, 9.17) is 4.74 Å². The molecule has 1 fully saturated rings. The van der Waals surface area contributed by atoms with E-state index in [1.54, 1.807) is 0 Å². The number of carbonyl (C=O) groups excluding carboxylic acids is 1. The quantitative estimate of drug-likeness (QED) is 0.633. The Morgan fingerprint density at radius 3 is 2.43 bits per heavy atom. The zero-order valence-corrected chi connectivity index (χ0v) is 19.0. The topological polar surface area (TPSA) is 89.0 Å². The highest BCUT2D eigenvalue weighted by Gasteiger charge is 2.17. The van der Waals surface area contributed by atoms with Crippen LogP contribution in [0, 0.1) is 0 Å². The molecule has 1 aromatic carbocycles. The van der Waals surface area contributed by atoms with Crippen molar-refractivity contribution in [2.75, 3.05) is 11.6 Å². The van der Waals surface area contributed by atoms with Crippen molar-refractivity contribution in [2.45, 2.75) is 76.1 Å². The predicted octanol–water partition coefficient (Wildman–Crippen LogP) is 4.92. The zero-order chi connectivity index (χ0) is 21.6. The van der Waals surface area contributed by atoms with Crippen molar-refractivity contribution in [2.24, 2.45) is 0 Å². The molecule has 0 bridgehead atoms. The standard InChI is InChI=1S/C22H31N5O2S/c1-22(2,3)15-10-12-17(13-11-15)29-14-18-24-19(27-21(25-18)30-4)26-20(28)23-16-8-6-5-7-9-16/h10-13,16H,5-9,14H2,1-4H3,(H2,23,24,25,26,27,28). The molecule has 0 aliphatic heterocycles. The first-order valence-electron chi connectivity index (χ1n) is 10.4. The SMILES string of the molecule is CSc1nc(COc2ccc(C(C)(C)C)cc2)nc(NC(=O)NC2CCCCC2)n1. The number of rotatable bonds is 6. The van der Waals surface area contributed by atoms with Gasteiger partial charge in [0.25, 0.3) is 0 Å². The van der Waals surface area contributed by atoms with Gasteiger partial charge in [-0.2, -0.15) is 9.97 Å². The fourth-order valence-electron chi connectivity index (χ4n) is 3.38. The Morgan fingerprint density at radius 1 is 1.10 bits per heavy atom. The van der Waals surface area contributed by atoms with Crippen LogP contribution in [-0.2, 0) is 12.0 Å². The molecule has 2 amide bonds. The van der Waals surface area contributed by atoms with E-state index >= 15 is 0 Å². The Morgan fingerprint density at radius 2 is 1.80 bits per heavy atom. The van der Waals surface area contributed by atoms with E-state index in [0.29, 0.717) is 11.0 Å². The number of carbonyl (C=O) groups is 1. The number of hydrogen-bond donors (Lipinski definition) is 2. The van der Waals surface area contributed by atoms with Crippen LogP contribution in [0.1, 0.15) is 64.3 Å². The molecule has 8 heteroatoms. The predicted molar refractivity (Wildman–Crippen MR) is 120 cm³/mol. The maximum Gasteiger partial charge on any atom is 0.321 e. The lowest BCUT2D eigenvalue weighted by Crippen LogP contribution is -2.39. The van der Waals surface area contributed by atoms with Gasteiger partial charge in [-0.05, 0) is 42.2 Å². The molecule has 3 rings (SSSR count). The highest BCUT2D eigenvalue weighted by molar-refractivity contribution is 7.98. The second kappa shape index (κ2) is 10.1. The molecule has 1 aliphatic carbocycles. The minimum atomic E-state index is -0.273. The fraction of sp³-hybridized carbons (Fsp3) is 0.545. The van der Waals surface area contributed by atoms with Crippen molar-refractivity contribution in [1.29, 1.82) is 0 Å². The van der Waals surface area contributed by atoms with Crippen molar-refractivity contribution in [3.63, 3.8) is 0 Å². The molecule has 7 nitrogen and oxygen atoms in total. The van der Waals surface area contributed by atoms with Crippen molar-refractivity contribution >= 4 is 23.7 Å². The molecule has 2 aromatic rings. The zero-order valence-electron chi connectivity index (χ0n) is 18.2. The van der Waals surface area contributed by atoms with Gasteiger partial charge in [0.2, 0.25) is 5.95 Å². The first kappa shape index (κ1) is 22.3. The maximum absolute atomic E-state index is 12.3. The lowest BCUT2D eigenvalue weighted by Gasteiger charge is -2.22. The van der Waals surface area contributed by atoms with Crippen molar-refractivity contribution < 1.29 is 9.53 Å². The summed E-state index contributed by atoms with van der Waals surface area (Å²) in [5, 5.41) is 6.30. The third-order valence-electron chi connectivity index (χ3n) is 5.10. The molecule has 1 aromatic heterocycles. The molecule has 1 saturated carbocycles. The molecule has 30 heavy (non-hydrogen) atoms. The summed E-state index contributed by atoms with van der Waals surface area (Å²) in [6.45, 7) is 6.73. The number of thioether (sulfide) groups is 1. The van der Waals surface area contributed by atoms with E-state index in [2.05, 4.69) is 58.5 Å². The number of nitrogens with zero attached hydrogens (tertiary/aromatic N) is 3. The average molecular weight is 430 g/mol. The summed E-state index contributed by atoms with van der Waals surface area (Å²) >= 11 is 1.40. The summed E-state index contributed by atoms with van der Waals surface area (Å²) in [5.41, 5.74) is 1.34. The van der Waals surface area contributed by atoms with Gasteiger partial charge in [-0.3, -0.25) is 5.32 Å². The number of benzene rings is 1. The Balaban J connectivity index is 1.61. The summed E-state index contributed by atoms with van der Waals surface area (Å²) in [5.74, 6) is 1.46. The van der Waals surface area contributed by atoms with Gasteiger partial charge in [0.1, 0.15) is 12.4 Å². The lowest BCUT2D eigenvalue weighted by molar-refractivity contribution is 0.244. The van der Waals surface area contributed by atoms with Gasteiger partial charge in [0.15, 0.2) is 11.0 Å². The first-order chi connectivity index (χ1) is 14.3. The maximum atomic E-state index is 12.3. The number of hydrogen-bond acceptors (Lipinski definition) is 6. The van der Waals surface area contributed by atoms with Crippen LogP contribution in [0.4, 0.5) is 10.7 Å². The van der Waals surface area contributed by atoms with Gasteiger partial charge >= 0.3 is 6.03 Å². The largest absolute Gasteiger partial charge is 0.486 e. The summed E-state index contributed by atoms with van der Waals surface area (Å²) in [6, 6.07) is 7.99. The highest BCUT2D eigenvalue weighted by atomic mass is 32.2. The van der Waals surface area contributed by atoms with Gasteiger partial charge in [-0.15, -0.1) is 0 Å². The van der Waals surface area contributed by atoms with E-state index in [-0.39, 0.29) is 30.0 Å². The fourth-order valence-corrected chi connectivity index (χ4v) is 3.75. The molecule has 162 valence electrons. The number of amides is 2. The van der Waals surface area contributed by atoms with Crippen molar-refractivity contribution in [1.82, 2.24) is 20.3 Å². The van der Waals surface area contributed by atoms with Gasteiger partial charge in [-0.25, -0.2) is 9.78 Å². The number of urea groups is 1. The number of nitrogens with one attached hydrogen (secondary N) is 2. The molecule has 0 saturated heterocycles. The summed E-state index contributed by atoms with van der Waals surface area (Å²) in [7, 11) is 0. The molecule has 1 aliphatic rings. The number of ether oxygens (including phenoxy) is 1. The van der Waals surface area contributed by atoms with E-state index in [1.165, 1.54) is 23.7 Å². The number of aromatic nitrogens is 3. The van der Waals surface area contributed by atoms with Gasteiger partial charge in [0.05, 0.1) is 0 Å². The molecule has 0 radical (unpaired) electrons. The Hall–Kier alpha value is -2.35. The van der Waals surface area contributed by atoms with Crippen LogP contribution in [0.15, 0.2) is 29.4 Å². The van der Waals surface area contributed by atoms with Crippen LogP contribution in [0.5, 0.6) is 5.75 Å². The smallest absolute Gasteiger partial charge is 0.321 e. The normalized spacial score (nSPS) is 14.9. The second-order valence-corrected chi connectivity index (χ2v) is 9.33. The van der Waals surface area contributed by atoms with E-state index in [9.17, 15) is 4.79 Å². The molecule has 0 spiro atoms. The molecule has 0 atom stereocenters. The van der Waals surface area contributed by atoms with Crippen LogP contribution in [-0.4, -0.2) is 33.3 Å². The summed E-state index contributed by atoms with van der Waals surface area (Å²) in [4.78, 5) is 25.4. The molecular weight excluding hydrogens is 398 g/mol. The Kier molecular flexibility index (Phi) is 7.53. The number of anilines is 1. The van der Waals surface area contributed by atoms with Crippen LogP contribution in [0.2, 0.25) is 0 Å². The Labute approximate surface area is 182 Å². The molecule has 0 unspecified atom stereocenters. The second-order valence-electron chi connectivity index (χ2n) is 8.56. The minimum Gasteiger partial charge on any atom is -0.486 e. The first-order valence-corrected chi connectivity index (χ1v) is 11.7. The summed E-state index contributed by atoms with van der Waals surface area (Å²) < 4.78 is 5.85. The van der Waals surface area contributed by atoms with E-state index in [0.717, 1.165) is 31.4 Å². The molecule has 2 N–H and O–H groups in total. The van der Waals surface area contributed by atoms with Crippen LogP contribution in [0.3, 0.4) is 0 Å². The van der Waals surface area contributed by atoms with E-state index < -0.39 is 0 Å². The molecule has 1 heterocycles. The van der Waals surface area contributed by atoms with Crippen molar-refractivity contribution in [3.05, 3.63) is 35.7 Å². The van der Waals surface area contributed by atoms with Crippen molar-refractivity contribution in [3.8, 4) is 5.75 Å². The molecular formula is C22H31N5O2S. The summed E-state index contributed by atoms with van der Waals surface area (Å²) in [6.07, 6.45) is 7.49. The van der Waals surface area contributed by atoms with Crippen LogP contribution < -0.4 is 15.4 Å². The third kappa shape index (κ3) is 6.58. The highest BCUT2D eigenvalue weighted by Crippen LogP contribution is 2.24. The monoisotopic (exact) mass is 429 g/mol. The van der Waals surface area contributed by atoms with Crippen LogP contribution >= 0.6 is 11.8 Å². The van der Waals surface area contributed by atoms with Gasteiger partial charge in [-0.1, -0.05) is 63.9 Å². The lowest BCUT2D eigenvalue weighted by atomic mass is 9.87. The minimum absolute atomic E-state index is 0.0960. The van der Waals surface area contributed by atoms with Crippen LogP contribution in [0.25, 0.3) is 0 Å². The average Bonchev–Trinajstić information content (AvgIpc) is 2.72. The van der Waals surface area contributed by atoms with Gasteiger partial charge < -0.3 is 10.1 Å². The van der Waals surface area contributed by atoms with Gasteiger partial charge in [0, 0.05) is 6.04 Å².